The lowest BCUT2D eigenvalue weighted by molar-refractivity contribution is -0.122. The Hall–Kier alpha value is -0.330. The van der Waals surface area contributed by atoms with Crippen molar-refractivity contribution in [2.24, 2.45) is 11.8 Å². The van der Waals surface area contributed by atoms with Crippen LogP contribution in [0.3, 0.4) is 0 Å². The van der Waals surface area contributed by atoms with Gasteiger partial charge < -0.3 is 0 Å². The predicted molar refractivity (Wildman–Crippen MR) is 46.4 cm³/mol. The van der Waals surface area contributed by atoms with E-state index in [9.17, 15) is 4.79 Å². The average molecular weight is 154 g/mol. The molecule has 0 radical (unpaired) electrons. The molecule has 1 aliphatic rings. The fraction of sp³-hybridized carbons (Fsp3) is 0.900. The minimum atomic E-state index is 0.315. The third kappa shape index (κ3) is 2.32. The third-order valence-corrected chi connectivity index (χ3v) is 3.00. The van der Waals surface area contributed by atoms with Gasteiger partial charge in [-0.3, -0.25) is 4.79 Å². The Kier molecular flexibility index (Phi) is 3.10. The van der Waals surface area contributed by atoms with Gasteiger partial charge in [0.15, 0.2) is 0 Å². The van der Waals surface area contributed by atoms with Crippen molar-refractivity contribution in [1.82, 2.24) is 0 Å². The van der Waals surface area contributed by atoms with E-state index >= 15 is 0 Å². The lowest BCUT2D eigenvalue weighted by Gasteiger charge is -2.25. The van der Waals surface area contributed by atoms with Crippen molar-refractivity contribution in [3.8, 4) is 0 Å². The normalized spacial score (nSPS) is 23.1. The van der Waals surface area contributed by atoms with E-state index in [1.165, 1.54) is 32.1 Å². The fourth-order valence-electron chi connectivity index (χ4n) is 1.97. The molecule has 0 aromatic carbocycles. The van der Waals surface area contributed by atoms with Crippen LogP contribution in [0.4, 0.5) is 0 Å². The van der Waals surface area contributed by atoms with E-state index in [1.807, 2.05) is 0 Å². The van der Waals surface area contributed by atoms with Crippen LogP contribution in [0, 0.1) is 11.8 Å². The lowest BCUT2D eigenvalue weighted by atomic mass is 9.79. The highest BCUT2D eigenvalue weighted by molar-refractivity contribution is 5.78. The minimum Gasteiger partial charge on any atom is -0.300 e. The molecule has 0 heterocycles. The maximum Gasteiger partial charge on any atom is 0.132 e. The third-order valence-electron chi connectivity index (χ3n) is 3.00. The quantitative estimate of drug-likeness (QED) is 0.597. The van der Waals surface area contributed by atoms with Crippen molar-refractivity contribution in [3.05, 3.63) is 0 Å². The predicted octanol–water partition coefficient (Wildman–Crippen LogP) is 2.79. The summed E-state index contributed by atoms with van der Waals surface area (Å²) in [4.78, 5) is 11.0. The number of hydrogen-bond acceptors (Lipinski definition) is 1. The second kappa shape index (κ2) is 3.89. The zero-order chi connectivity index (χ0) is 8.27. The molecule has 0 saturated heterocycles. The Bertz CT molecular complexity index is 134. The summed E-state index contributed by atoms with van der Waals surface area (Å²) >= 11 is 0. The molecule has 64 valence electrons. The van der Waals surface area contributed by atoms with Crippen LogP contribution in [0.1, 0.15) is 46.0 Å². The molecule has 0 aliphatic heterocycles. The van der Waals surface area contributed by atoms with Gasteiger partial charge in [0.25, 0.3) is 0 Å². The van der Waals surface area contributed by atoms with Crippen LogP contribution in [-0.4, -0.2) is 5.78 Å². The Morgan fingerprint density at radius 3 is 2.27 bits per heavy atom. The monoisotopic (exact) mass is 154 g/mol. The van der Waals surface area contributed by atoms with Gasteiger partial charge in [-0.2, -0.15) is 0 Å². The maximum absolute atomic E-state index is 11.0. The van der Waals surface area contributed by atoms with Gasteiger partial charge in [-0.25, -0.2) is 0 Å². The summed E-state index contributed by atoms with van der Waals surface area (Å²) in [5.74, 6) is 1.38. The summed E-state index contributed by atoms with van der Waals surface area (Å²) in [6, 6.07) is 0. The smallest absolute Gasteiger partial charge is 0.132 e. The van der Waals surface area contributed by atoms with Crippen LogP contribution in [0.15, 0.2) is 0 Å². The van der Waals surface area contributed by atoms with E-state index in [2.05, 4.69) is 6.92 Å². The summed E-state index contributed by atoms with van der Waals surface area (Å²) in [5.41, 5.74) is 0. The molecule has 1 fully saturated rings. The Morgan fingerprint density at radius 2 is 1.82 bits per heavy atom. The standard InChI is InChI=1S/C10H18O/c1-8(9(2)11)10-6-4-3-5-7-10/h8,10H,3-7H2,1-2H3/t8-/m1/s1. The molecule has 1 saturated carbocycles. The molecule has 0 bridgehead atoms. The van der Waals surface area contributed by atoms with E-state index in [-0.39, 0.29) is 0 Å². The number of rotatable bonds is 2. The molecule has 0 aromatic heterocycles. The molecule has 1 nitrogen and oxygen atoms in total. The summed E-state index contributed by atoms with van der Waals surface area (Å²) in [6.45, 7) is 3.80. The Balaban J connectivity index is 2.38. The Morgan fingerprint density at radius 1 is 1.27 bits per heavy atom. The highest BCUT2D eigenvalue weighted by atomic mass is 16.1. The van der Waals surface area contributed by atoms with Crippen molar-refractivity contribution in [2.75, 3.05) is 0 Å². The molecule has 1 atom stereocenters. The molecule has 11 heavy (non-hydrogen) atoms. The van der Waals surface area contributed by atoms with Crippen molar-refractivity contribution in [2.45, 2.75) is 46.0 Å². The van der Waals surface area contributed by atoms with Gasteiger partial charge in [0.1, 0.15) is 5.78 Å². The molecule has 1 rings (SSSR count). The van der Waals surface area contributed by atoms with Crippen LogP contribution in [0.25, 0.3) is 0 Å². The largest absolute Gasteiger partial charge is 0.300 e. The first-order valence-electron chi connectivity index (χ1n) is 4.72. The fourth-order valence-corrected chi connectivity index (χ4v) is 1.97. The highest BCUT2D eigenvalue weighted by Crippen LogP contribution is 2.29. The average Bonchev–Trinajstić information content (AvgIpc) is 2.05. The van der Waals surface area contributed by atoms with Crippen LogP contribution in [-0.2, 0) is 4.79 Å². The highest BCUT2D eigenvalue weighted by Gasteiger charge is 2.22. The molecule has 0 unspecified atom stereocenters. The topological polar surface area (TPSA) is 17.1 Å². The first-order chi connectivity index (χ1) is 5.22. The summed E-state index contributed by atoms with van der Waals surface area (Å²) < 4.78 is 0. The Labute approximate surface area is 69.2 Å². The summed E-state index contributed by atoms with van der Waals surface area (Å²) in [6.07, 6.45) is 6.60. The lowest BCUT2D eigenvalue weighted by Crippen LogP contribution is -2.20. The molecule has 0 spiro atoms. The van der Waals surface area contributed by atoms with Gasteiger partial charge in [0.2, 0.25) is 0 Å². The SMILES string of the molecule is CC(=O)[C@@H](C)C1CCCCC1. The van der Waals surface area contributed by atoms with Crippen LogP contribution >= 0.6 is 0 Å². The molecule has 0 N–H and O–H groups in total. The van der Waals surface area contributed by atoms with E-state index in [0.29, 0.717) is 17.6 Å². The van der Waals surface area contributed by atoms with E-state index < -0.39 is 0 Å². The number of ketones is 1. The van der Waals surface area contributed by atoms with Gasteiger partial charge in [-0.05, 0) is 25.7 Å². The first-order valence-corrected chi connectivity index (χ1v) is 4.72. The summed E-state index contributed by atoms with van der Waals surface area (Å²) in [5, 5.41) is 0. The van der Waals surface area contributed by atoms with Crippen molar-refractivity contribution >= 4 is 5.78 Å². The van der Waals surface area contributed by atoms with Crippen molar-refractivity contribution in [1.29, 1.82) is 0 Å². The van der Waals surface area contributed by atoms with E-state index in [4.69, 9.17) is 0 Å². The minimum absolute atomic E-state index is 0.315. The maximum atomic E-state index is 11.0. The number of carbonyl (C=O) groups is 1. The van der Waals surface area contributed by atoms with Crippen LogP contribution < -0.4 is 0 Å². The van der Waals surface area contributed by atoms with Gasteiger partial charge in [0, 0.05) is 5.92 Å². The molecule has 0 amide bonds. The van der Waals surface area contributed by atoms with E-state index in [0.717, 1.165) is 0 Å². The zero-order valence-electron chi connectivity index (χ0n) is 7.60. The zero-order valence-corrected chi connectivity index (χ0v) is 7.60. The molecular formula is C10H18O. The van der Waals surface area contributed by atoms with Crippen molar-refractivity contribution < 1.29 is 4.79 Å². The van der Waals surface area contributed by atoms with Crippen LogP contribution in [0.2, 0.25) is 0 Å². The second-order valence-corrected chi connectivity index (χ2v) is 3.80. The summed E-state index contributed by atoms with van der Waals surface area (Å²) in [7, 11) is 0. The number of hydrogen-bond donors (Lipinski definition) is 0. The molecule has 0 aromatic rings. The van der Waals surface area contributed by atoms with Crippen molar-refractivity contribution in [3.63, 3.8) is 0 Å². The molecule has 1 heteroatoms. The first kappa shape index (κ1) is 8.76. The second-order valence-electron chi connectivity index (χ2n) is 3.80. The number of carbonyl (C=O) groups excluding carboxylic acids is 1. The van der Waals surface area contributed by atoms with Gasteiger partial charge >= 0.3 is 0 Å². The van der Waals surface area contributed by atoms with Gasteiger partial charge in [-0.15, -0.1) is 0 Å². The molecular weight excluding hydrogens is 136 g/mol. The van der Waals surface area contributed by atoms with Gasteiger partial charge in [-0.1, -0.05) is 26.2 Å². The molecule has 1 aliphatic carbocycles. The van der Waals surface area contributed by atoms with Crippen LogP contribution in [0.5, 0.6) is 0 Å². The van der Waals surface area contributed by atoms with Gasteiger partial charge in [0.05, 0.1) is 0 Å². The number of Topliss-reactive ketones (excluding diaryl/α,β-unsaturated/α-hetero) is 1. The van der Waals surface area contributed by atoms with E-state index in [1.54, 1.807) is 6.92 Å².